The molecular formula is C14H18N4O4S. The molecule has 0 fully saturated rings. The highest BCUT2D eigenvalue weighted by Crippen LogP contribution is 2.24. The zero-order chi connectivity index (χ0) is 16.8. The van der Waals surface area contributed by atoms with Crippen LogP contribution in [0.4, 0.5) is 0 Å². The Morgan fingerprint density at radius 1 is 1.48 bits per heavy atom. The average Bonchev–Trinajstić information content (AvgIpc) is 3.16. The van der Waals surface area contributed by atoms with E-state index in [0.29, 0.717) is 23.9 Å². The van der Waals surface area contributed by atoms with Gasteiger partial charge in [0.25, 0.3) is 0 Å². The smallest absolute Gasteiger partial charge is 0.318 e. The van der Waals surface area contributed by atoms with Gasteiger partial charge in [-0.15, -0.1) is 10.2 Å². The summed E-state index contributed by atoms with van der Waals surface area (Å²) in [7, 11) is 1.34. The number of nitrogens with two attached hydrogens (primary N) is 1. The topological polar surface area (TPSA) is 113 Å². The number of esters is 1. The lowest BCUT2D eigenvalue weighted by molar-refractivity contribution is -0.139. The highest BCUT2D eigenvalue weighted by atomic mass is 32.2. The van der Waals surface area contributed by atoms with Gasteiger partial charge in [0.15, 0.2) is 5.16 Å². The number of hydrogen-bond acceptors (Lipinski definition) is 7. The summed E-state index contributed by atoms with van der Waals surface area (Å²) in [6.07, 6.45) is 2.12. The second-order valence-electron chi connectivity index (χ2n) is 4.81. The summed E-state index contributed by atoms with van der Waals surface area (Å²) in [5, 5.41) is 8.33. The lowest BCUT2D eigenvalue weighted by Gasteiger charge is -2.11. The van der Waals surface area contributed by atoms with E-state index in [1.54, 1.807) is 19.3 Å². The number of carbonyl (C=O) groups excluding carboxylic acids is 2. The Morgan fingerprint density at radius 2 is 2.26 bits per heavy atom. The molecule has 0 unspecified atom stereocenters. The molecule has 0 aromatic carbocycles. The Morgan fingerprint density at radius 3 is 2.87 bits per heavy atom. The van der Waals surface area contributed by atoms with Gasteiger partial charge in [0.1, 0.15) is 16.8 Å². The Bertz CT molecular complexity index is 668. The van der Waals surface area contributed by atoms with Gasteiger partial charge in [-0.2, -0.15) is 0 Å². The first-order chi connectivity index (χ1) is 11.0. The highest BCUT2D eigenvalue weighted by molar-refractivity contribution is 8.00. The highest BCUT2D eigenvalue weighted by Gasteiger charge is 2.21. The van der Waals surface area contributed by atoms with Gasteiger partial charge >= 0.3 is 5.97 Å². The molecule has 1 atom stereocenters. The average molecular weight is 338 g/mol. The maximum atomic E-state index is 11.6. The molecule has 0 saturated heterocycles. The van der Waals surface area contributed by atoms with Crippen LogP contribution < -0.4 is 5.73 Å². The number of ether oxygens (including phenoxy) is 1. The lowest BCUT2D eigenvalue weighted by Crippen LogP contribution is -2.17. The van der Waals surface area contributed by atoms with Crippen LogP contribution >= 0.6 is 11.8 Å². The molecule has 9 heteroatoms. The summed E-state index contributed by atoms with van der Waals surface area (Å²) >= 11 is 1.24. The third kappa shape index (κ3) is 4.59. The minimum absolute atomic E-state index is 0.174. The van der Waals surface area contributed by atoms with E-state index >= 15 is 0 Å². The Labute approximate surface area is 137 Å². The van der Waals surface area contributed by atoms with E-state index in [2.05, 4.69) is 10.2 Å². The van der Waals surface area contributed by atoms with Crippen LogP contribution in [0.1, 0.15) is 24.9 Å². The van der Waals surface area contributed by atoms with Crippen LogP contribution in [0, 0.1) is 0 Å². The molecule has 23 heavy (non-hydrogen) atoms. The van der Waals surface area contributed by atoms with Crippen LogP contribution in [-0.2, 0) is 27.3 Å². The first kappa shape index (κ1) is 17.1. The summed E-state index contributed by atoms with van der Waals surface area (Å²) in [5.41, 5.74) is 5.19. The monoisotopic (exact) mass is 338 g/mol. The largest absolute Gasteiger partial charge is 0.468 e. The van der Waals surface area contributed by atoms with Gasteiger partial charge < -0.3 is 14.9 Å². The zero-order valence-electron chi connectivity index (χ0n) is 12.9. The molecule has 0 aliphatic heterocycles. The quantitative estimate of drug-likeness (QED) is 0.564. The van der Waals surface area contributed by atoms with E-state index in [1.165, 1.54) is 18.9 Å². The lowest BCUT2D eigenvalue weighted by atomic mass is 10.3. The van der Waals surface area contributed by atoms with E-state index in [9.17, 15) is 9.59 Å². The summed E-state index contributed by atoms with van der Waals surface area (Å²) in [5.74, 6) is 0.577. The van der Waals surface area contributed by atoms with Crippen LogP contribution in [0.15, 0.2) is 28.0 Å². The molecule has 0 saturated carbocycles. The van der Waals surface area contributed by atoms with Crippen molar-refractivity contribution in [1.82, 2.24) is 14.8 Å². The molecule has 2 rings (SSSR count). The predicted octanol–water partition coefficient (Wildman–Crippen LogP) is 0.991. The van der Waals surface area contributed by atoms with Gasteiger partial charge in [0, 0.05) is 12.8 Å². The van der Waals surface area contributed by atoms with Gasteiger partial charge in [0.05, 0.1) is 19.9 Å². The molecule has 1 amide bonds. The first-order valence-corrected chi connectivity index (χ1v) is 7.86. The Balaban J connectivity index is 2.22. The number of nitrogens with zero attached hydrogens (tertiary/aromatic N) is 3. The third-order valence-corrected chi connectivity index (χ3v) is 4.16. The van der Waals surface area contributed by atoms with Crippen LogP contribution in [0.2, 0.25) is 0 Å². The number of methoxy groups -OCH3 is 1. The molecule has 2 N–H and O–H groups in total. The summed E-state index contributed by atoms with van der Waals surface area (Å²) in [6, 6.07) is 3.61. The molecule has 2 aromatic rings. The fourth-order valence-electron chi connectivity index (χ4n) is 1.92. The van der Waals surface area contributed by atoms with Crippen molar-refractivity contribution in [3.63, 3.8) is 0 Å². The van der Waals surface area contributed by atoms with E-state index in [0.717, 1.165) is 5.76 Å². The van der Waals surface area contributed by atoms with Gasteiger partial charge in [0.2, 0.25) is 5.91 Å². The number of aromatic nitrogens is 3. The molecule has 2 aromatic heterocycles. The zero-order valence-corrected chi connectivity index (χ0v) is 13.7. The third-order valence-electron chi connectivity index (χ3n) is 3.10. The molecule has 2 heterocycles. The maximum absolute atomic E-state index is 11.6. The fraction of sp³-hybridized carbons (Fsp3) is 0.429. The van der Waals surface area contributed by atoms with Crippen LogP contribution in [-0.4, -0.2) is 39.0 Å². The van der Waals surface area contributed by atoms with Crippen molar-refractivity contribution in [3.8, 4) is 0 Å². The molecule has 0 bridgehead atoms. The summed E-state index contributed by atoms with van der Waals surface area (Å²) < 4.78 is 11.9. The molecule has 8 nitrogen and oxygen atoms in total. The van der Waals surface area contributed by atoms with Crippen molar-refractivity contribution in [2.45, 2.75) is 36.7 Å². The molecule has 0 radical (unpaired) electrons. The van der Waals surface area contributed by atoms with E-state index < -0.39 is 11.2 Å². The van der Waals surface area contributed by atoms with Crippen LogP contribution in [0.5, 0.6) is 0 Å². The SMILES string of the molecule is COC(=O)[C@H](C)Sc1nnc(CCC(N)=O)n1Cc1ccco1. The normalized spacial score (nSPS) is 12.1. The number of amides is 1. The van der Waals surface area contributed by atoms with Crippen LogP contribution in [0.25, 0.3) is 0 Å². The van der Waals surface area contributed by atoms with Crippen molar-refractivity contribution in [1.29, 1.82) is 0 Å². The number of carbonyl (C=O) groups is 2. The number of thioether (sulfide) groups is 1. The van der Waals surface area contributed by atoms with E-state index in [-0.39, 0.29) is 12.4 Å². The van der Waals surface area contributed by atoms with Gasteiger partial charge in [-0.25, -0.2) is 0 Å². The number of hydrogen-bond donors (Lipinski definition) is 1. The minimum Gasteiger partial charge on any atom is -0.468 e. The van der Waals surface area contributed by atoms with Crippen molar-refractivity contribution < 1.29 is 18.7 Å². The second kappa shape index (κ2) is 7.82. The molecule has 0 aliphatic rings. The number of aryl methyl sites for hydroxylation is 1. The van der Waals surface area contributed by atoms with Crippen molar-refractivity contribution in [3.05, 3.63) is 30.0 Å². The standard InChI is InChI=1S/C14H18N4O4S/c1-9(13(20)21-2)23-14-17-16-12(6-5-11(15)19)18(14)8-10-4-3-7-22-10/h3-4,7,9H,5-6,8H2,1-2H3,(H2,15,19)/t9-/m0/s1. The predicted molar refractivity (Wildman–Crippen MR) is 82.7 cm³/mol. The molecule has 0 aliphatic carbocycles. The van der Waals surface area contributed by atoms with Crippen molar-refractivity contribution in [2.75, 3.05) is 7.11 Å². The minimum atomic E-state index is -0.427. The Kier molecular flexibility index (Phi) is 5.80. The molecule has 124 valence electrons. The number of rotatable bonds is 8. The summed E-state index contributed by atoms with van der Waals surface area (Å²) in [4.78, 5) is 22.6. The Hall–Kier alpha value is -2.29. The number of primary amides is 1. The maximum Gasteiger partial charge on any atom is 0.318 e. The fourth-order valence-corrected chi connectivity index (χ4v) is 2.81. The first-order valence-electron chi connectivity index (χ1n) is 6.98. The molecule has 0 spiro atoms. The van der Waals surface area contributed by atoms with Gasteiger partial charge in [-0.05, 0) is 19.1 Å². The van der Waals surface area contributed by atoms with E-state index in [4.69, 9.17) is 14.9 Å². The van der Waals surface area contributed by atoms with Gasteiger partial charge in [-0.3, -0.25) is 14.2 Å². The summed E-state index contributed by atoms with van der Waals surface area (Å²) in [6.45, 7) is 2.13. The van der Waals surface area contributed by atoms with Crippen LogP contribution in [0.3, 0.4) is 0 Å². The van der Waals surface area contributed by atoms with Crippen molar-refractivity contribution >= 4 is 23.6 Å². The van der Waals surface area contributed by atoms with Gasteiger partial charge in [-0.1, -0.05) is 11.8 Å². The van der Waals surface area contributed by atoms with E-state index in [1.807, 2.05) is 10.6 Å². The van der Waals surface area contributed by atoms with Crippen molar-refractivity contribution in [2.24, 2.45) is 5.73 Å². The molecular weight excluding hydrogens is 320 g/mol. The second-order valence-corrected chi connectivity index (χ2v) is 6.12. The number of furan rings is 1.